The maximum atomic E-state index is 12.7. The Kier molecular flexibility index (Phi) is 5.21. The number of benzene rings is 1. The average molecular weight is 322 g/mol. The van der Waals surface area contributed by atoms with E-state index in [0.717, 1.165) is 36.4 Å². The lowest BCUT2D eigenvalue weighted by Crippen LogP contribution is -2.30. The Labute approximate surface area is 135 Å². The van der Waals surface area contributed by atoms with Crippen molar-refractivity contribution in [3.63, 3.8) is 0 Å². The van der Waals surface area contributed by atoms with Crippen LogP contribution >= 0.6 is 12.4 Å². The number of aromatic nitrogens is 1. The fraction of sp³-hybridized carbons (Fsp3) is 0.375. The van der Waals surface area contributed by atoms with E-state index in [1.54, 1.807) is 0 Å². The van der Waals surface area contributed by atoms with Crippen LogP contribution in [-0.2, 0) is 6.54 Å². The third-order valence-corrected chi connectivity index (χ3v) is 3.92. The Bertz CT molecular complexity index is 639. The molecule has 118 valence electrons. The van der Waals surface area contributed by atoms with E-state index in [1.165, 1.54) is 0 Å². The minimum absolute atomic E-state index is 0. The minimum atomic E-state index is -0.00659. The average Bonchev–Trinajstić information content (AvgIpc) is 3.15. The third-order valence-electron chi connectivity index (χ3n) is 3.92. The zero-order valence-corrected chi connectivity index (χ0v) is 13.3. The Morgan fingerprint density at radius 1 is 1.41 bits per heavy atom. The summed E-state index contributed by atoms with van der Waals surface area (Å²) < 4.78 is 5.34. The highest BCUT2D eigenvalue weighted by molar-refractivity contribution is 5.94. The van der Waals surface area contributed by atoms with E-state index in [2.05, 4.69) is 5.16 Å². The zero-order chi connectivity index (χ0) is 14.8. The van der Waals surface area contributed by atoms with E-state index in [-0.39, 0.29) is 24.4 Å². The summed E-state index contributed by atoms with van der Waals surface area (Å²) in [7, 11) is 0. The molecule has 2 heterocycles. The van der Waals surface area contributed by atoms with Crippen LogP contribution in [0.5, 0.6) is 0 Å². The largest absolute Gasteiger partial charge is 0.359 e. The molecular formula is C16H20ClN3O2. The van der Waals surface area contributed by atoms with Gasteiger partial charge in [-0.1, -0.05) is 17.3 Å². The summed E-state index contributed by atoms with van der Waals surface area (Å²) in [5, 5.41) is 3.92. The molecule has 1 saturated heterocycles. The van der Waals surface area contributed by atoms with Gasteiger partial charge in [-0.05, 0) is 37.5 Å². The van der Waals surface area contributed by atoms with Crippen molar-refractivity contribution in [1.82, 2.24) is 10.1 Å². The maximum absolute atomic E-state index is 12.7. The van der Waals surface area contributed by atoms with Crippen molar-refractivity contribution in [2.45, 2.75) is 32.4 Å². The van der Waals surface area contributed by atoms with E-state index < -0.39 is 0 Å². The number of nitrogens with zero attached hydrogens (tertiary/aromatic N) is 2. The summed E-state index contributed by atoms with van der Waals surface area (Å²) >= 11 is 0. The molecule has 1 fully saturated rings. The fourth-order valence-electron chi connectivity index (χ4n) is 2.80. The number of carbonyl (C=O) groups excluding carboxylic acids is 1. The van der Waals surface area contributed by atoms with E-state index >= 15 is 0 Å². The normalized spacial score (nSPS) is 17.4. The minimum Gasteiger partial charge on any atom is -0.359 e. The highest BCUT2D eigenvalue weighted by Gasteiger charge is 2.33. The molecule has 0 radical (unpaired) electrons. The molecule has 1 aliphatic heterocycles. The molecule has 6 heteroatoms. The third kappa shape index (κ3) is 3.15. The number of hydrogen-bond donors (Lipinski definition) is 1. The topological polar surface area (TPSA) is 72.4 Å². The summed E-state index contributed by atoms with van der Waals surface area (Å²) in [6, 6.07) is 9.38. The van der Waals surface area contributed by atoms with Crippen LogP contribution in [0.15, 0.2) is 34.9 Å². The highest BCUT2D eigenvalue weighted by atomic mass is 35.5. The molecule has 1 aromatic carbocycles. The number of aryl methyl sites for hydroxylation is 1. The van der Waals surface area contributed by atoms with Gasteiger partial charge >= 0.3 is 0 Å². The van der Waals surface area contributed by atoms with E-state index in [9.17, 15) is 4.79 Å². The summed E-state index contributed by atoms with van der Waals surface area (Å²) in [5.74, 6) is 0.812. The lowest BCUT2D eigenvalue weighted by Gasteiger charge is -2.22. The Morgan fingerprint density at radius 3 is 2.73 bits per heavy atom. The molecule has 5 nitrogen and oxygen atoms in total. The van der Waals surface area contributed by atoms with E-state index in [4.69, 9.17) is 10.3 Å². The van der Waals surface area contributed by atoms with Gasteiger partial charge in [-0.2, -0.15) is 0 Å². The fourth-order valence-corrected chi connectivity index (χ4v) is 2.80. The van der Waals surface area contributed by atoms with Crippen molar-refractivity contribution >= 4 is 18.3 Å². The molecule has 1 aliphatic rings. The number of rotatable bonds is 3. The number of halogens is 1. The molecule has 1 atom stereocenters. The standard InChI is InChI=1S/C16H19N3O2.ClH/c1-11-9-15(21-18-11)14-3-2-8-19(14)16(20)13-6-4-12(10-17)5-7-13;/h4-7,9,14H,2-3,8,10,17H2,1H3;1H. The van der Waals surface area contributed by atoms with Gasteiger partial charge in [0.2, 0.25) is 0 Å². The van der Waals surface area contributed by atoms with Crippen molar-refractivity contribution in [2.24, 2.45) is 5.73 Å². The first-order valence-corrected chi connectivity index (χ1v) is 7.22. The van der Waals surface area contributed by atoms with Crippen LogP contribution < -0.4 is 5.73 Å². The highest BCUT2D eigenvalue weighted by Crippen LogP contribution is 2.33. The van der Waals surface area contributed by atoms with Gasteiger partial charge in [0.1, 0.15) is 0 Å². The van der Waals surface area contributed by atoms with Gasteiger partial charge in [0.05, 0.1) is 11.7 Å². The molecule has 2 aromatic rings. The molecule has 0 spiro atoms. The number of hydrogen-bond acceptors (Lipinski definition) is 4. The molecule has 3 rings (SSSR count). The van der Waals surface area contributed by atoms with Gasteiger partial charge in [-0.25, -0.2) is 0 Å². The Morgan fingerprint density at radius 2 is 2.14 bits per heavy atom. The number of carbonyl (C=O) groups is 1. The lowest BCUT2D eigenvalue weighted by atomic mass is 10.1. The van der Waals surface area contributed by atoms with Crippen molar-refractivity contribution in [1.29, 1.82) is 0 Å². The first-order chi connectivity index (χ1) is 10.2. The summed E-state index contributed by atoms with van der Waals surface area (Å²) in [5.41, 5.74) is 8.14. The summed E-state index contributed by atoms with van der Waals surface area (Å²) in [4.78, 5) is 14.5. The van der Waals surface area contributed by atoms with E-state index in [1.807, 2.05) is 42.2 Å². The van der Waals surface area contributed by atoms with Crippen LogP contribution in [0.3, 0.4) is 0 Å². The van der Waals surface area contributed by atoms with E-state index in [0.29, 0.717) is 12.1 Å². The smallest absolute Gasteiger partial charge is 0.254 e. The van der Waals surface area contributed by atoms with Gasteiger partial charge in [0.15, 0.2) is 5.76 Å². The Balaban J connectivity index is 0.00000176. The SMILES string of the molecule is Cc1cc(C2CCCN2C(=O)c2ccc(CN)cc2)on1.Cl. The van der Waals surface area contributed by atoms with Crippen molar-refractivity contribution < 1.29 is 9.32 Å². The van der Waals surface area contributed by atoms with Gasteiger partial charge in [-0.3, -0.25) is 4.79 Å². The van der Waals surface area contributed by atoms with Gasteiger partial charge in [0.25, 0.3) is 5.91 Å². The lowest BCUT2D eigenvalue weighted by molar-refractivity contribution is 0.0714. The van der Waals surface area contributed by atoms with Crippen LogP contribution in [-0.4, -0.2) is 22.5 Å². The second-order valence-corrected chi connectivity index (χ2v) is 5.43. The number of amides is 1. The molecule has 1 aromatic heterocycles. The predicted octanol–water partition coefficient (Wildman–Crippen LogP) is 2.84. The van der Waals surface area contributed by atoms with Crippen LogP contribution in [0.2, 0.25) is 0 Å². The van der Waals surface area contributed by atoms with Gasteiger partial charge in [0, 0.05) is 24.7 Å². The second kappa shape index (κ2) is 6.94. The van der Waals surface area contributed by atoms with Crippen molar-refractivity contribution in [3.8, 4) is 0 Å². The first kappa shape index (κ1) is 16.5. The molecule has 0 bridgehead atoms. The monoisotopic (exact) mass is 321 g/mol. The molecule has 2 N–H and O–H groups in total. The van der Waals surface area contributed by atoms with Crippen molar-refractivity contribution in [3.05, 3.63) is 52.9 Å². The van der Waals surface area contributed by atoms with Crippen LogP contribution in [0.25, 0.3) is 0 Å². The summed E-state index contributed by atoms with van der Waals surface area (Å²) in [6.07, 6.45) is 1.90. The van der Waals surface area contributed by atoms with Crippen LogP contribution in [0, 0.1) is 6.92 Å². The molecular weight excluding hydrogens is 302 g/mol. The maximum Gasteiger partial charge on any atom is 0.254 e. The quantitative estimate of drug-likeness (QED) is 0.943. The summed E-state index contributed by atoms with van der Waals surface area (Å²) in [6.45, 7) is 3.12. The van der Waals surface area contributed by atoms with Crippen LogP contribution in [0.1, 0.15) is 46.3 Å². The predicted molar refractivity (Wildman–Crippen MR) is 85.8 cm³/mol. The second-order valence-electron chi connectivity index (χ2n) is 5.43. The van der Waals surface area contributed by atoms with Gasteiger partial charge in [-0.15, -0.1) is 12.4 Å². The molecule has 1 amide bonds. The number of likely N-dealkylation sites (tertiary alicyclic amines) is 1. The molecule has 22 heavy (non-hydrogen) atoms. The number of nitrogens with two attached hydrogens (primary N) is 1. The first-order valence-electron chi connectivity index (χ1n) is 7.22. The van der Waals surface area contributed by atoms with Crippen LogP contribution in [0.4, 0.5) is 0 Å². The molecule has 1 unspecified atom stereocenters. The van der Waals surface area contributed by atoms with Crippen molar-refractivity contribution in [2.75, 3.05) is 6.54 Å². The molecule has 0 saturated carbocycles. The van der Waals surface area contributed by atoms with Gasteiger partial charge < -0.3 is 15.2 Å². The Hall–Kier alpha value is -1.85. The molecule has 0 aliphatic carbocycles. The zero-order valence-electron chi connectivity index (χ0n) is 12.5.